The molecular weight excluding hydrogens is 248 g/mol. The smallest absolute Gasteiger partial charge is 0.229 e. The maximum Gasteiger partial charge on any atom is 0.229 e. The number of hydrogen-bond acceptors (Lipinski definition) is 3. The van der Waals surface area contributed by atoms with Crippen LogP contribution >= 0.6 is 0 Å². The third-order valence-electron chi connectivity index (χ3n) is 2.59. The van der Waals surface area contributed by atoms with Crippen molar-refractivity contribution in [2.75, 3.05) is 16.3 Å². The van der Waals surface area contributed by atoms with E-state index in [9.17, 15) is 8.42 Å². The molecule has 18 heavy (non-hydrogen) atoms. The van der Waals surface area contributed by atoms with E-state index in [2.05, 4.69) is 23.9 Å². The first kappa shape index (κ1) is 14.8. The summed E-state index contributed by atoms with van der Waals surface area (Å²) in [5, 5.41) is 3.39. The molecule has 1 unspecified atom stereocenters. The van der Waals surface area contributed by atoms with Gasteiger partial charge in [-0.2, -0.15) is 0 Å². The van der Waals surface area contributed by atoms with Crippen LogP contribution in [0.5, 0.6) is 0 Å². The Kier molecular flexibility index (Phi) is 5.47. The maximum absolute atomic E-state index is 11.1. The van der Waals surface area contributed by atoms with Gasteiger partial charge in [0.2, 0.25) is 10.0 Å². The van der Waals surface area contributed by atoms with Crippen molar-refractivity contribution in [2.45, 2.75) is 39.2 Å². The van der Waals surface area contributed by atoms with Crippen LogP contribution in [-0.2, 0) is 10.0 Å². The van der Waals surface area contributed by atoms with Crippen molar-refractivity contribution in [3.05, 3.63) is 24.3 Å². The van der Waals surface area contributed by atoms with Gasteiger partial charge < -0.3 is 5.32 Å². The number of benzene rings is 1. The fourth-order valence-corrected chi connectivity index (χ4v) is 2.28. The summed E-state index contributed by atoms with van der Waals surface area (Å²) in [5.74, 6) is 0. The van der Waals surface area contributed by atoms with Gasteiger partial charge in [0.15, 0.2) is 0 Å². The second kappa shape index (κ2) is 6.64. The Morgan fingerprint density at radius 1 is 1.17 bits per heavy atom. The van der Waals surface area contributed by atoms with Crippen LogP contribution in [0.3, 0.4) is 0 Å². The van der Waals surface area contributed by atoms with Crippen molar-refractivity contribution in [2.24, 2.45) is 0 Å². The molecule has 1 atom stereocenters. The fourth-order valence-electron chi connectivity index (χ4n) is 1.72. The highest BCUT2D eigenvalue weighted by atomic mass is 32.2. The van der Waals surface area contributed by atoms with Crippen LogP contribution < -0.4 is 10.0 Å². The number of rotatable bonds is 7. The molecule has 0 spiro atoms. The molecule has 4 nitrogen and oxygen atoms in total. The average Bonchev–Trinajstić information content (AvgIpc) is 2.27. The van der Waals surface area contributed by atoms with Gasteiger partial charge >= 0.3 is 0 Å². The monoisotopic (exact) mass is 270 g/mol. The number of unbranched alkanes of at least 4 members (excludes halogenated alkanes) is 1. The highest BCUT2D eigenvalue weighted by Gasteiger charge is 2.03. The Hall–Kier alpha value is -1.23. The van der Waals surface area contributed by atoms with E-state index >= 15 is 0 Å². The summed E-state index contributed by atoms with van der Waals surface area (Å²) in [7, 11) is -3.20. The van der Waals surface area contributed by atoms with E-state index in [4.69, 9.17) is 0 Å². The van der Waals surface area contributed by atoms with Gasteiger partial charge in [-0.25, -0.2) is 8.42 Å². The minimum Gasteiger partial charge on any atom is -0.383 e. The van der Waals surface area contributed by atoms with Crippen molar-refractivity contribution in [3.8, 4) is 0 Å². The maximum atomic E-state index is 11.1. The highest BCUT2D eigenvalue weighted by Crippen LogP contribution is 2.16. The average molecular weight is 270 g/mol. The fraction of sp³-hybridized carbons (Fsp3) is 0.538. The predicted octanol–water partition coefficient (Wildman–Crippen LogP) is 3.05. The van der Waals surface area contributed by atoms with Gasteiger partial charge in [-0.15, -0.1) is 0 Å². The SMILES string of the molecule is CCCCC(C)Nc1ccc(NS(C)(=O)=O)cc1. The lowest BCUT2D eigenvalue weighted by Crippen LogP contribution is -2.15. The van der Waals surface area contributed by atoms with E-state index in [0.717, 1.165) is 18.4 Å². The first-order valence-corrected chi connectivity index (χ1v) is 8.14. The normalized spacial score (nSPS) is 13.1. The third kappa shape index (κ3) is 5.91. The van der Waals surface area contributed by atoms with Gasteiger partial charge in [0, 0.05) is 17.4 Å². The Balaban J connectivity index is 2.55. The molecule has 1 rings (SSSR count). The van der Waals surface area contributed by atoms with Crippen molar-refractivity contribution in [3.63, 3.8) is 0 Å². The second-order valence-corrected chi connectivity index (χ2v) is 6.39. The van der Waals surface area contributed by atoms with Crippen LogP contribution in [0, 0.1) is 0 Å². The highest BCUT2D eigenvalue weighted by molar-refractivity contribution is 7.92. The van der Waals surface area contributed by atoms with Crippen LogP contribution in [0.2, 0.25) is 0 Å². The molecule has 5 heteroatoms. The van der Waals surface area contributed by atoms with Crippen LogP contribution in [-0.4, -0.2) is 20.7 Å². The van der Waals surface area contributed by atoms with Crippen molar-refractivity contribution >= 4 is 21.4 Å². The standard InChI is InChI=1S/C13H22N2O2S/c1-4-5-6-11(2)14-12-7-9-13(10-8-12)15-18(3,16)17/h7-11,14-15H,4-6H2,1-3H3. The molecule has 1 aromatic carbocycles. The van der Waals surface area contributed by atoms with Crippen molar-refractivity contribution in [1.29, 1.82) is 0 Å². The third-order valence-corrected chi connectivity index (χ3v) is 3.20. The molecule has 0 saturated heterocycles. The quantitative estimate of drug-likeness (QED) is 0.800. The first-order chi connectivity index (χ1) is 8.40. The predicted molar refractivity (Wildman–Crippen MR) is 77.5 cm³/mol. The lowest BCUT2D eigenvalue weighted by molar-refractivity contribution is 0.607. The molecule has 102 valence electrons. The zero-order valence-electron chi connectivity index (χ0n) is 11.2. The lowest BCUT2D eigenvalue weighted by Gasteiger charge is -2.15. The largest absolute Gasteiger partial charge is 0.383 e. The minimum absolute atomic E-state index is 0.429. The van der Waals surface area contributed by atoms with E-state index in [0.29, 0.717) is 11.7 Å². The molecule has 0 aromatic heterocycles. The summed E-state index contributed by atoms with van der Waals surface area (Å²) in [6.45, 7) is 4.33. The molecule has 0 aliphatic rings. The second-order valence-electron chi connectivity index (χ2n) is 4.64. The summed E-state index contributed by atoms with van der Waals surface area (Å²) in [4.78, 5) is 0. The van der Waals surface area contributed by atoms with Gasteiger partial charge in [-0.1, -0.05) is 19.8 Å². The van der Waals surface area contributed by atoms with Gasteiger partial charge in [0.1, 0.15) is 0 Å². The zero-order valence-corrected chi connectivity index (χ0v) is 12.0. The van der Waals surface area contributed by atoms with Gasteiger partial charge in [-0.05, 0) is 37.6 Å². The molecule has 0 fully saturated rings. The molecule has 0 radical (unpaired) electrons. The molecule has 0 amide bonds. The molecule has 2 N–H and O–H groups in total. The first-order valence-electron chi connectivity index (χ1n) is 6.25. The van der Waals surface area contributed by atoms with E-state index < -0.39 is 10.0 Å². The lowest BCUT2D eigenvalue weighted by atomic mass is 10.1. The van der Waals surface area contributed by atoms with Gasteiger partial charge in [0.25, 0.3) is 0 Å². The Labute approximate surface area is 110 Å². The van der Waals surface area contributed by atoms with E-state index in [1.54, 1.807) is 12.1 Å². The molecule has 1 aromatic rings. The molecule has 0 bridgehead atoms. The topological polar surface area (TPSA) is 58.2 Å². The molecule has 0 aliphatic heterocycles. The summed E-state index contributed by atoms with van der Waals surface area (Å²) in [6, 6.07) is 7.72. The van der Waals surface area contributed by atoms with Crippen molar-refractivity contribution < 1.29 is 8.42 Å². The van der Waals surface area contributed by atoms with Gasteiger partial charge in [-0.3, -0.25) is 4.72 Å². The molecule has 0 heterocycles. The van der Waals surface area contributed by atoms with E-state index in [-0.39, 0.29) is 0 Å². The number of anilines is 2. The zero-order chi connectivity index (χ0) is 13.6. The van der Waals surface area contributed by atoms with Crippen LogP contribution in [0.1, 0.15) is 33.1 Å². The van der Waals surface area contributed by atoms with E-state index in [1.165, 1.54) is 12.8 Å². The number of sulfonamides is 1. The summed E-state index contributed by atoms with van der Waals surface area (Å²) in [6.07, 6.45) is 4.69. The van der Waals surface area contributed by atoms with Crippen LogP contribution in [0.25, 0.3) is 0 Å². The summed E-state index contributed by atoms with van der Waals surface area (Å²) >= 11 is 0. The minimum atomic E-state index is -3.20. The molecule has 0 saturated carbocycles. The van der Waals surface area contributed by atoms with Gasteiger partial charge in [0.05, 0.1) is 6.26 Å². The number of hydrogen-bond donors (Lipinski definition) is 2. The number of nitrogens with one attached hydrogen (secondary N) is 2. The summed E-state index contributed by atoms with van der Waals surface area (Å²) in [5.41, 5.74) is 1.60. The Morgan fingerprint density at radius 2 is 1.72 bits per heavy atom. The van der Waals surface area contributed by atoms with Crippen molar-refractivity contribution in [1.82, 2.24) is 0 Å². The summed E-state index contributed by atoms with van der Waals surface area (Å²) < 4.78 is 24.6. The van der Waals surface area contributed by atoms with Crippen LogP contribution in [0.4, 0.5) is 11.4 Å². The molecular formula is C13H22N2O2S. The van der Waals surface area contributed by atoms with Crippen LogP contribution in [0.15, 0.2) is 24.3 Å². The Bertz CT molecular complexity index is 454. The van der Waals surface area contributed by atoms with E-state index in [1.807, 2.05) is 12.1 Å². The molecule has 0 aliphatic carbocycles. The Morgan fingerprint density at radius 3 is 2.22 bits per heavy atom.